The second-order valence-corrected chi connectivity index (χ2v) is 7.99. The van der Waals surface area contributed by atoms with Crippen molar-refractivity contribution in [2.45, 2.75) is 30.9 Å². The second-order valence-electron chi connectivity index (χ2n) is 4.96. The maximum Gasteiger partial charge on any atom is 0.243 e. The van der Waals surface area contributed by atoms with Crippen LogP contribution in [0.3, 0.4) is 0 Å². The van der Waals surface area contributed by atoms with Crippen LogP contribution in [0.5, 0.6) is 0 Å². The third kappa shape index (κ3) is 3.71. The van der Waals surface area contributed by atoms with Crippen molar-refractivity contribution in [3.63, 3.8) is 0 Å². The zero-order valence-corrected chi connectivity index (χ0v) is 13.7. The molecule has 114 valence electrons. The van der Waals surface area contributed by atoms with E-state index in [2.05, 4.69) is 0 Å². The van der Waals surface area contributed by atoms with Crippen LogP contribution < -0.4 is 0 Å². The Morgan fingerprint density at radius 1 is 1.29 bits per heavy atom. The Labute approximate surface area is 129 Å². The van der Waals surface area contributed by atoms with E-state index in [1.807, 2.05) is 24.4 Å². The maximum absolute atomic E-state index is 12.6. The van der Waals surface area contributed by atoms with Gasteiger partial charge in [-0.25, -0.2) is 8.42 Å². The third-order valence-corrected chi connectivity index (χ3v) is 6.32. The summed E-state index contributed by atoms with van der Waals surface area (Å²) in [7, 11) is -1.95. The molecule has 1 heterocycles. The first kappa shape index (κ1) is 16.2. The molecule has 0 bridgehead atoms. The van der Waals surface area contributed by atoms with Crippen LogP contribution in [0.1, 0.15) is 17.4 Å². The average molecular weight is 325 g/mol. The molecule has 0 saturated carbocycles. The highest BCUT2D eigenvalue weighted by Gasteiger charge is 2.25. The number of rotatable bonds is 6. The van der Waals surface area contributed by atoms with Gasteiger partial charge in [0.2, 0.25) is 10.0 Å². The number of likely N-dealkylation sites (N-methyl/N-ethyl adjacent to an activating group) is 1. The first-order valence-electron chi connectivity index (χ1n) is 6.65. The van der Waals surface area contributed by atoms with Gasteiger partial charge >= 0.3 is 0 Å². The van der Waals surface area contributed by atoms with Crippen LogP contribution in [-0.4, -0.2) is 30.9 Å². The van der Waals surface area contributed by atoms with Crippen LogP contribution in [0.15, 0.2) is 46.7 Å². The van der Waals surface area contributed by atoms with E-state index in [0.717, 1.165) is 4.88 Å². The predicted octanol–water partition coefficient (Wildman–Crippen LogP) is 2.49. The summed E-state index contributed by atoms with van der Waals surface area (Å²) in [5, 5.41) is 11.1. The van der Waals surface area contributed by atoms with Crippen LogP contribution in [0.4, 0.5) is 0 Å². The van der Waals surface area contributed by atoms with Crippen molar-refractivity contribution in [1.29, 1.82) is 0 Å². The number of sulfonamides is 1. The quantitative estimate of drug-likeness (QED) is 0.888. The molecule has 0 saturated heterocycles. The number of nitrogens with zero attached hydrogens (tertiary/aromatic N) is 1. The molecule has 0 amide bonds. The average Bonchev–Trinajstić information content (AvgIpc) is 2.99. The largest absolute Gasteiger partial charge is 0.392 e. The molecule has 0 radical (unpaired) electrons. The fourth-order valence-corrected chi connectivity index (χ4v) is 4.31. The molecule has 1 unspecified atom stereocenters. The number of thiophene rings is 1. The van der Waals surface area contributed by atoms with Gasteiger partial charge < -0.3 is 5.11 Å². The van der Waals surface area contributed by atoms with Crippen LogP contribution in [0.2, 0.25) is 0 Å². The van der Waals surface area contributed by atoms with Gasteiger partial charge in [0.25, 0.3) is 0 Å². The molecule has 0 aliphatic carbocycles. The molecule has 0 aliphatic rings. The molecule has 0 aliphatic heterocycles. The Balaban J connectivity index is 2.21. The minimum atomic E-state index is -3.55. The summed E-state index contributed by atoms with van der Waals surface area (Å²) >= 11 is 1.63. The van der Waals surface area contributed by atoms with Gasteiger partial charge in [-0.05, 0) is 42.5 Å². The normalized spacial score (nSPS) is 13.5. The van der Waals surface area contributed by atoms with Gasteiger partial charge in [-0.3, -0.25) is 0 Å². The second kappa shape index (κ2) is 6.70. The lowest BCUT2D eigenvalue weighted by molar-refractivity contribution is 0.281. The lowest BCUT2D eigenvalue weighted by atomic mass is 10.2. The Morgan fingerprint density at radius 2 is 2.05 bits per heavy atom. The van der Waals surface area contributed by atoms with E-state index in [9.17, 15) is 8.42 Å². The van der Waals surface area contributed by atoms with Gasteiger partial charge in [0.1, 0.15) is 0 Å². The van der Waals surface area contributed by atoms with Crippen LogP contribution in [0.25, 0.3) is 0 Å². The van der Waals surface area contributed by atoms with E-state index in [4.69, 9.17) is 5.11 Å². The van der Waals surface area contributed by atoms with Gasteiger partial charge in [-0.15, -0.1) is 11.3 Å². The molecule has 1 aromatic heterocycles. The van der Waals surface area contributed by atoms with Gasteiger partial charge in [-0.2, -0.15) is 4.31 Å². The highest BCUT2D eigenvalue weighted by Crippen LogP contribution is 2.21. The summed E-state index contributed by atoms with van der Waals surface area (Å²) in [6, 6.07) is 10.3. The van der Waals surface area contributed by atoms with E-state index < -0.39 is 10.0 Å². The monoisotopic (exact) mass is 325 g/mol. The Kier molecular flexibility index (Phi) is 5.16. The van der Waals surface area contributed by atoms with E-state index in [0.29, 0.717) is 12.0 Å². The molecule has 4 nitrogen and oxygen atoms in total. The molecule has 0 fully saturated rings. The molecule has 1 N–H and O–H groups in total. The van der Waals surface area contributed by atoms with Crippen molar-refractivity contribution in [2.75, 3.05) is 7.05 Å². The van der Waals surface area contributed by atoms with Gasteiger partial charge in [-0.1, -0.05) is 18.2 Å². The number of hydrogen-bond donors (Lipinski definition) is 1. The first-order chi connectivity index (χ1) is 9.95. The molecule has 2 aromatic rings. The van der Waals surface area contributed by atoms with E-state index in [1.165, 1.54) is 10.4 Å². The van der Waals surface area contributed by atoms with Gasteiger partial charge in [0, 0.05) is 18.0 Å². The number of aliphatic hydroxyl groups excluding tert-OH is 1. The highest BCUT2D eigenvalue weighted by atomic mass is 32.2. The van der Waals surface area contributed by atoms with E-state index in [-0.39, 0.29) is 17.5 Å². The third-order valence-electron chi connectivity index (χ3n) is 3.46. The fourth-order valence-electron chi connectivity index (χ4n) is 2.06. The van der Waals surface area contributed by atoms with Crippen molar-refractivity contribution in [1.82, 2.24) is 4.31 Å². The van der Waals surface area contributed by atoms with E-state index in [1.54, 1.807) is 36.6 Å². The van der Waals surface area contributed by atoms with Crippen LogP contribution in [-0.2, 0) is 23.1 Å². The fraction of sp³-hybridized carbons (Fsp3) is 0.333. The molecular formula is C15H19NO3S2. The Bertz CT molecular complexity index is 681. The van der Waals surface area contributed by atoms with Gasteiger partial charge in [0.15, 0.2) is 0 Å². The van der Waals surface area contributed by atoms with Crippen molar-refractivity contribution >= 4 is 21.4 Å². The van der Waals surface area contributed by atoms with Crippen LogP contribution in [0, 0.1) is 0 Å². The maximum atomic E-state index is 12.6. The Hall–Kier alpha value is -1.21. The van der Waals surface area contributed by atoms with Gasteiger partial charge in [0.05, 0.1) is 11.5 Å². The predicted molar refractivity (Wildman–Crippen MR) is 84.8 cm³/mol. The standard InChI is InChI=1S/C15H19NO3S2/c1-12(9-14-6-4-8-20-14)16(2)21(18,19)15-7-3-5-13(10-15)11-17/h3-8,10,12,17H,9,11H2,1-2H3. The van der Waals surface area contributed by atoms with E-state index >= 15 is 0 Å². The molecule has 21 heavy (non-hydrogen) atoms. The minimum Gasteiger partial charge on any atom is -0.392 e. The summed E-state index contributed by atoms with van der Waals surface area (Å²) < 4.78 is 26.6. The molecule has 6 heteroatoms. The molecule has 1 atom stereocenters. The summed E-state index contributed by atoms with van der Waals surface area (Å²) in [6.07, 6.45) is 0.688. The van der Waals surface area contributed by atoms with Crippen molar-refractivity contribution < 1.29 is 13.5 Å². The SMILES string of the molecule is CC(Cc1cccs1)N(C)S(=O)(=O)c1cccc(CO)c1. The van der Waals surface area contributed by atoms with Crippen LogP contribution >= 0.6 is 11.3 Å². The summed E-state index contributed by atoms with van der Waals surface area (Å²) in [6.45, 7) is 1.73. The first-order valence-corrected chi connectivity index (χ1v) is 8.97. The molecule has 0 spiro atoms. The zero-order valence-electron chi connectivity index (χ0n) is 12.1. The Morgan fingerprint density at radius 3 is 2.67 bits per heavy atom. The number of hydrogen-bond acceptors (Lipinski definition) is 4. The summed E-state index contributed by atoms with van der Waals surface area (Å²) in [5.41, 5.74) is 0.593. The van der Waals surface area contributed by atoms with Crippen molar-refractivity contribution in [2.24, 2.45) is 0 Å². The number of benzene rings is 1. The van der Waals surface area contributed by atoms with Crippen molar-refractivity contribution in [3.05, 3.63) is 52.2 Å². The summed E-state index contributed by atoms with van der Waals surface area (Å²) in [5.74, 6) is 0. The topological polar surface area (TPSA) is 57.6 Å². The highest BCUT2D eigenvalue weighted by molar-refractivity contribution is 7.89. The molecule has 1 aromatic carbocycles. The molecular weight excluding hydrogens is 306 g/mol. The zero-order chi connectivity index (χ0) is 15.5. The minimum absolute atomic E-state index is 0.133. The van der Waals surface area contributed by atoms with Crippen molar-refractivity contribution in [3.8, 4) is 0 Å². The lowest BCUT2D eigenvalue weighted by Crippen LogP contribution is -2.36. The summed E-state index contributed by atoms with van der Waals surface area (Å²) in [4.78, 5) is 1.38. The lowest BCUT2D eigenvalue weighted by Gasteiger charge is -2.24. The molecule has 2 rings (SSSR count). The number of aliphatic hydroxyl groups is 1. The smallest absolute Gasteiger partial charge is 0.243 e.